The lowest BCUT2D eigenvalue weighted by molar-refractivity contribution is -0.304. The number of carbonyl (C=O) groups is 2. The highest BCUT2D eigenvalue weighted by Gasteiger charge is 2.16. The van der Waals surface area contributed by atoms with Crippen molar-refractivity contribution in [1.82, 2.24) is 0 Å². The van der Waals surface area contributed by atoms with Gasteiger partial charge in [-0.25, -0.2) is 0 Å². The Balaban J connectivity index is 3.79. The van der Waals surface area contributed by atoms with Gasteiger partial charge in [0.25, 0.3) is 0 Å². The van der Waals surface area contributed by atoms with Crippen molar-refractivity contribution in [2.75, 3.05) is 6.61 Å². The monoisotopic (exact) mass is 217 g/mol. The van der Waals surface area contributed by atoms with Gasteiger partial charge in [0.15, 0.2) is 0 Å². The first kappa shape index (κ1) is 14.1. The van der Waals surface area contributed by atoms with Crippen molar-refractivity contribution in [3.8, 4) is 0 Å². The minimum Gasteiger partial charge on any atom is -0.550 e. The van der Waals surface area contributed by atoms with Crippen molar-refractivity contribution in [2.24, 2.45) is 0 Å². The number of carbonyl (C=O) groups excluding carboxylic acids is 2. The zero-order valence-corrected chi connectivity index (χ0v) is 9.28. The Hall–Kier alpha value is -0.940. The second-order valence-electron chi connectivity index (χ2n) is 4.37. The molecule has 0 aromatic rings. The Morgan fingerprint density at radius 2 is 1.93 bits per heavy atom. The van der Waals surface area contributed by atoms with Gasteiger partial charge >= 0.3 is 0 Å². The predicted octanol–water partition coefficient (Wildman–Crippen LogP) is -0.738. The molecular formula is C10H17O5-. The van der Waals surface area contributed by atoms with Gasteiger partial charge in [0.1, 0.15) is 5.78 Å². The summed E-state index contributed by atoms with van der Waals surface area (Å²) < 4.78 is 5.23. The third kappa shape index (κ3) is 9.37. The lowest BCUT2D eigenvalue weighted by Crippen LogP contribution is -2.30. The third-order valence-corrected chi connectivity index (χ3v) is 1.51. The van der Waals surface area contributed by atoms with E-state index < -0.39 is 29.9 Å². The van der Waals surface area contributed by atoms with Gasteiger partial charge in [-0.05, 0) is 20.8 Å². The molecule has 0 aromatic carbocycles. The largest absolute Gasteiger partial charge is 0.550 e. The van der Waals surface area contributed by atoms with E-state index in [1.807, 2.05) is 20.8 Å². The highest BCUT2D eigenvalue weighted by atomic mass is 16.5. The van der Waals surface area contributed by atoms with Crippen LogP contribution in [-0.2, 0) is 14.3 Å². The number of hydrogen-bond acceptors (Lipinski definition) is 5. The number of carboxylic acids is 1. The molecule has 15 heavy (non-hydrogen) atoms. The number of hydrogen-bond donors (Lipinski definition) is 1. The van der Waals surface area contributed by atoms with Crippen LogP contribution in [0.5, 0.6) is 0 Å². The average molecular weight is 217 g/mol. The Kier molecular flexibility index (Phi) is 5.46. The van der Waals surface area contributed by atoms with E-state index in [2.05, 4.69) is 0 Å². The number of rotatable bonds is 6. The summed E-state index contributed by atoms with van der Waals surface area (Å²) in [5.41, 5.74) is -0.390. The van der Waals surface area contributed by atoms with Gasteiger partial charge in [0.2, 0.25) is 0 Å². The summed E-state index contributed by atoms with van der Waals surface area (Å²) >= 11 is 0. The van der Waals surface area contributed by atoms with Crippen LogP contribution < -0.4 is 5.11 Å². The molecule has 0 aliphatic heterocycles. The Bertz CT molecular complexity index is 228. The smallest absolute Gasteiger partial charge is 0.141 e. The van der Waals surface area contributed by atoms with Crippen molar-refractivity contribution in [3.63, 3.8) is 0 Å². The highest BCUT2D eigenvalue weighted by molar-refractivity contribution is 5.94. The van der Waals surface area contributed by atoms with Crippen LogP contribution in [-0.4, -0.2) is 35.2 Å². The van der Waals surface area contributed by atoms with Crippen LogP contribution in [0.25, 0.3) is 0 Å². The SMILES string of the molecule is CC(C)(C)OC[C@@H](O)CC(=O)CC(=O)[O-]. The van der Waals surface area contributed by atoms with Gasteiger partial charge in [-0.1, -0.05) is 0 Å². The van der Waals surface area contributed by atoms with Crippen molar-refractivity contribution in [3.05, 3.63) is 0 Å². The molecule has 1 atom stereocenters. The summed E-state index contributed by atoms with van der Waals surface area (Å²) in [5, 5.41) is 19.4. The van der Waals surface area contributed by atoms with Gasteiger partial charge in [-0.15, -0.1) is 0 Å². The maximum Gasteiger partial charge on any atom is 0.141 e. The van der Waals surface area contributed by atoms with Crippen molar-refractivity contribution < 1.29 is 24.5 Å². The Morgan fingerprint density at radius 3 is 2.33 bits per heavy atom. The third-order valence-electron chi connectivity index (χ3n) is 1.51. The Morgan fingerprint density at radius 1 is 1.40 bits per heavy atom. The number of ketones is 1. The zero-order valence-electron chi connectivity index (χ0n) is 9.28. The summed E-state index contributed by atoms with van der Waals surface area (Å²) in [7, 11) is 0. The van der Waals surface area contributed by atoms with E-state index >= 15 is 0 Å². The van der Waals surface area contributed by atoms with E-state index in [-0.39, 0.29) is 13.0 Å². The van der Waals surface area contributed by atoms with Gasteiger partial charge in [0.05, 0.1) is 18.3 Å². The van der Waals surface area contributed by atoms with E-state index in [9.17, 15) is 19.8 Å². The van der Waals surface area contributed by atoms with Crippen molar-refractivity contribution >= 4 is 11.8 Å². The van der Waals surface area contributed by atoms with Crippen LogP contribution in [0.3, 0.4) is 0 Å². The van der Waals surface area contributed by atoms with Crippen molar-refractivity contribution in [1.29, 1.82) is 0 Å². The second-order valence-corrected chi connectivity index (χ2v) is 4.37. The van der Waals surface area contributed by atoms with E-state index in [1.54, 1.807) is 0 Å². The van der Waals surface area contributed by atoms with Crippen LogP contribution in [0.2, 0.25) is 0 Å². The normalized spacial score (nSPS) is 13.6. The van der Waals surface area contributed by atoms with E-state index in [4.69, 9.17) is 4.74 Å². The molecule has 0 aliphatic carbocycles. The van der Waals surface area contributed by atoms with Crippen LogP contribution in [0.15, 0.2) is 0 Å². The van der Waals surface area contributed by atoms with E-state index in [0.29, 0.717) is 0 Å². The maximum absolute atomic E-state index is 11.0. The molecule has 0 radical (unpaired) electrons. The topological polar surface area (TPSA) is 86.7 Å². The first-order valence-corrected chi connectivity index (χ1v) is 4.74. The van der Waals surface area contributed by atoms with E-state index in [1.165, 1.54) is 0 Å². The molecule has 0 spiro atoms. The quantitative estimate of drug-likeness (QED) is 0.592. The lowest BCUT2D eigenvalue weighted by atomic mass is 10.1. The fraction of sp³-hybridized carbons (Fsp3) is 0.800. The molecule has 0 bridgehead atoms. The first-order chi connectivity index (χ1) is 6.70. The van der Waals surface area contributed by atoms with Gasteiger partial charge in [0, 0.05) is 18.8 Å². The predicted molar refractivity (Wildman–Crippen MR) is 51.0 cm³/mol. The highest BCUT2D eigenvalue weighted by Crippen LogP contribution is 2.08. The molecular weight excluding hydrogens is 200 g/mol. The Labute approximate surface area is 89.0 Å². The molecule has 88 valence electrons. The fourth-order valence-corrected chi connectivity index (χ4v) is 0.901. The van der Waals surface area contributed by atoms with Gasteiger partial charge in [-0.2, -0.15) is 0 Å². The second kappa shape index (κ2) is 5.82. The molecule has 1 N–H and O–H groups in total. The summed E-state index contributed by atoms with van der Waals surface area (Å²) in [6, 6.07) is 0. The standard InChI is InChI=1S/C10H18O5/c1-10(2,3)15-6-8(12)4-7(11)5-9(13)14/h8,12H,4-6H2,1-3H3,(H,13,14)/p-1/t8-/m0/s1. The number of aliphatic hydroxyl groups is 1. The van der Waals surface area contributed by atoms with Crippen LogP contribution in [0.4, 0.5) is 0 Å². The molecule has 0 aliphatic rings. The molecule has 0 fully saturated rings. The fourth-order valence-electron chi connectivity index (χ4n) is 0.901. The number of aliphatic hydroxyl groups excluding tert-OH is 1. The first-order valence-electron chi connectivity index (χ1n) is 4.74. The van der Waals surface area contributed by atoms with Gasteiger partial charge < -0.3 is 19.7 Å². The van der Waals surface area contributed by atoms with Crippen molar-refractivity contribution in [2.45, 2.75) is 45.3 Å². The number of Topliss-reactive ketones (excluding diaryl/α,β-unsaturated/α-hetero) is 1. The number of carboxylic acid groups (broad SMARTS) is 1. The lowest BCUT2D eigenvalue weighted by Gasteiger charge is -2.21. The van der Waals surface area contributed by atoms with E-state index in [0.717, 1.165) is 0 Å². The minimum atomic E-state index is -1.43. The molecule has 0 heterocycles. The number of ether oxygens (including phenoxy) is 1. The van der Waals surface area contributed by atoms with Crippen LogP contribution >= 0.6 is 0 Å². The summed E-state index contributed by atoms with van der Waals surface area (Å²) in [4.78, 5) is 21.0. The molecule has 0 aromatic heterocycles. The molecule has 5 nitrogen and oxygen atoms in total. The van der Waals surface area contributed by atoms with Gasteiger partial charge in [-0.3, -0.25) is 4.79 Å². The average Bonchev–Trinajstić information content (AvgIpc) is 1.97. The maximum atomic E-state index is 11.0. The molecule has 0 rings (SSSR count). The molecule has 5 heteroatoms. The summed E-state index contributed by atoms with van der Waals surface area (Å²) in [6.07, 6.45) is -1.84. The van der Waals surface area contributed by atoms with Crippen LogP contribution in [0.1, 0.15) is 33.6 Å². The minimum absolute atomic E-state index is 0.0162. The number of aliphatic carboxylic acids is 1. The molecule has 0 amide bonds. The molecule has 0 saturated carbocycles. The zero-order chi connectivity index (χ0) is 12.1. The summed E-state index contributed by atoms with van der Waals surface area (Å²) in [5.74, 6) is -1.98. The van der Waals surface area contributed by atoms with Crippen LogP contribution in [0, 0.1) is 0 Å². The molecule has 0 unspecified atom stereocenters. The summed E-state index contributed by atoms with van der Waals surface area (Å²) in [6.45, 7) is 5.48. The molecule has 0 saturated heterocycles.